The van der Waals surface area contributed by atoms with Crippen molar-refractivity contribution < 1.29 is 9.53 Å². The van der Waals surface area contributed by atoms with Gasteiger partial charge in [0.2, 0.25) is 5.95 Å². The zero-order valence-corrected chi connectivity index (χ0v) is 17.6. The number of rotatable bonds is 5. The zero-order valence-electron chi connectivity index (χ0n) is 16.9. The molecule has 154 valence electrons. The summed E-state index contributed by atoms with van der Waals surface area (Å²) in [6, 6.07) is 5.62. The predicted octanol–water partition coefficient (Wildman–Crippen LogP) is 4.44. The van der Waals surface area contributed by atoms with Gasteiger partial charge in [0.1, 0.15) is 11.4 Å². The monoisotopic (exact) mass is 416 g/mol. The molecule has 0 radical (unpaired) electrons. The van der Waals surface area contributed by atoms with Crippen molar-refractivity contribution in [1.82, 2.24) is 15.0 Å². The molecule has 1 aliphatic carbocycles. The number of urea groups is 1. The van der Waals surface area contributed by atoms with E-state index in [0.717, 1.165) is 24.3 Å². The number of hydrogen-bond acceptors (Lipinski definition) is 6. The molecule has 0 bridgehead atoms. The van der Waals surface area contributed by atoms with Crippen LogP contribution in [0.2, 0.25) is 5.02 Å². The van der Waals surface area contributed by atoms with Gasteiger partial charge in [-0.25, -0.2) is 14.8 Å². The van der Waals surface area contributed by atoms with Gasteiger partial charge in [0.05, 0.1) is 24.4 Å². The first-order chi connectivity index (χ1) is 14.0. The van der Waals surface area contributed by atoms with Crippen LogP contribution in [-0.2, 0) is 0 Å². The lowest BCUT2D eigenvalue weighted by Gasteiger charge is -2.45. The van der Waals surface area contributed by atoms with Gasteiger partial charge in [-0.2, -0.15) is 4.98 Å². The highest BCUT2D eigenvalue weighted by molar-refractivity contribution is 6.32. The minimum Gasteiger partial charge on any atom is -0.495 e. The average Bonchev–Trinajstić information content (AvgIpc) is 3.26. The Morgan fingerprint density at radius 3 is 2.76 bits per heavy atom. The minimum absolute atomic E-state index is 0.0568. The first-order valence-electron chi connectivity index (χ1n) is 9.85. The van der Waals surface area contributed by atoms with Crippen LogP contribution in [0.3, 0.4) is 0 Å². The fourth-order valence-electron chi connectivity index (χ4n) is 3.99. The molecule has 1 aliphatic heterocycles. The van der Waals surface area contributed by atoms with E-state index in [1.165, 1.54) is 12.8 Å². The summed E-state index contributed by atoms with van der Waals surface area (Å²) in [6.07, 6.45) is 6.13. The standard InChI is InChI=1S/C20H25ClN6O2/c1-4-26-20(28)25(2)16-12-22-19(23-13-9-10-15(21)17(11-13)29-3)24-18(16)27(26)14-7-5-6-8-14/h9-12,14H,4-8H2,1-3H3,(H,22,23,24). The van der Waals surface area contributed by atoms with Gasteiger partial charge in [-0.15, -0.1) is 0 Å². The molecule has 4 rings (SSSR count). The number of carbonyl (C=O) groups excluding carboxylic acids is 1. The summed E-state index contributed by atoms with van der Waals surface area (Å²) in [5.41, 5.74) is 1.48. The fourth-order valence-corrected chi connectivity index (χ4v) is 4.18. The second kappa shape index (κ2) is 7.94. The highest BCUT2D eigenvalue weighted by Gasteiger charge is 2.39. The molecule has 2 aliphatic rings. The number of benzene rings is 1. The van der Waals surface area contributed by atoms with E-state index in [2.05, 4.69) is 15.3 Å². The summed E-state index contributed by atoms with van der Waals surface area (Å²) >= 11 is 6.11. The number of anilines is 4. The van der Waals surface area contributed by atoms with Crippen LogP contribution in [0, 0.1) is 0 Å². The van der Waals surface area contributed by atoms with E-state index in [4.69, 9.17) is 21.3 Å². The third-order valence-corrected chi connectivity index (χ3v) is 5.79. The maximum Gasteiger partial charge on any atom is 0.343 e. The lowest BCUT2D eigenvalue weighted by Crippen LogP contribution is -2.59. The number of aromatic nitrogens is 2. The minimum atomic E-state index is -0.0568. The normalized spacial score (nSPS) is 17.0. The van der Waals surface area contributed by atoms with Crippen molar-refractivity contribution in [3.05, 3.63) is 29.4 Å². The Hall–Kier alpha value is -2.74. The number of nitrogens with zero attached hydrogens (tertiary/aromatic N) is 5. The van der Waals surface area contributed by atoms with Crippen LogP contribution in [0.15, 0.2) is 24.4 Å². The maximum atomic E-state index is 12.9. The number of hydrogen-bond donors (Lipinski definition) is 1. The number of fused-ring (bicyclic) bond motifs is 1. The molecule has 9 heteroatoms. The molecule has 8 nitrogen and oxygen atoms in total. The van der Waals surface area contributed by atoms with Gasteiger partial charge >= 0.3 is 6.03 Å². The van der Waals surface area contributed by atoms with Crippen LogP contribution in [0.25, 0.3) is 0 Å². The second-order valence-electron chi connectivity index (χ2n) is 7.22. The van der Waals surface area contributed by atoms with Crippen molar-refractivity contribution in [2.75, 3.05) is 35.9 Å². The Morgan fingerprint density at radius 1 is 1.31 bits per heavy atom. The summed E-state index contributed by atoms with van der Waals surface area (Å²) < 4.78 is 5.28. The third-order valence-electron chi connectivity index (χ3n) is 5.47. The van der Waals surface area contributed by atoms with Gasteiger partial charge in [0.25, 0.3) is 0 Å². The Kier molecular flexibility index (Phi) is 5.36. The highest BCUT2D eigenvalue weighted by Crippen LogP contribution is 2.39. The van der Waals surface area contributed by atoms with E-state index in [1.54, 1.807) is 42.4 Å². The molecule has 2 aromatic rings. The smallest absolute Gasteiger partial charge is 0.343 e. The van der Waals surface area contributed by atoms with Crippen LogP contribution in [0.4, 0.5) is 27.9 Å². The lowest BCUT2D eigenvalue weighted by atomic mass is 10.2. The summed E-state index contributed by atoms with van der Waals surface area (Å²) in [4.78, 5) is 23.7. The first-order valence-corrected chi connectivity index (χ1v) is 10.2. The fraction of sp³-hybridized carbons (Fsp3) is 0.450. The number of halogens is 1. The van der Waals surface area contributed by atoms with Gasteiger partial charge in [-0.3, -0.25) is 9.91 Å². The summed E-state index contributed by atoms with van der Waals surface area (Å²) in [5.74, 6) is 1.78. The molecule has 1 aromatic carbocycles. The molecular formula is C20H25ClN6O2. The van der Waals surface area contributed by atoms with Crippen molar-refractivity contribution in [1.29, 1.82) is 0 Å². The number of methoxy groups -OCH3 is 1. The van der Waals surface area contributed by atoms with Crippen molar-refractivity contribution in [2.24, 2.45) is 0 Å². The molecule has 1 N–H and O–H groups in total. The highest BCUT2D eigenvalue weighted by atomic mass is 35.5. The van der Waals surface area contributed by atoms with Gasteiger partial charge in [-0.05, 0) is 31.9 Å². The number of amides is 2. The van der Waals surface area contributed by atoms with Crippen molar-refractivity contribution in [3.8, 4) is 5.75 Å². The van der Waals surface area contributed by atoms with E-state index in [9.17, 15) is 4.79 Å². The van der Waals surface area contributed by atoms with E-state index in [1.807, 2.05) is 13.0 Å². The summed E-state index contributed by atoms with van der Waals surface area (Å²) in [5, 5.41) is 7.60. The Balaban J connectivity index is 1.71. The summed E-state index contributed by atoms with van der Waals surface area (Å²) in [7, 11) is 3.34. The van der Waals surface area contributed by atoms with Crippen LogP contribution < -0.4 is 20.0 Å². The Labute approximate surface area is 175 Å². The van der Waals surface area contributed by atoms with Crippen LogP contribution in [0.1, 0.15) is 32.6 Å². The Bertz CT molecular complexity index is 918. The molecule has 0 spiro atoms. The van der Waals surface area contributed by atoms with Gasteiger partial charge in [-0.1, -0.05) is 24.4 Å². The molecule has 2 amide bonds. The molecule has 0 saturated heterocycles. The van der Waals surface area contributed by atoms with Gasteiger partial charge < -0.3 is 10.1 Å². The molecule has 0 unspecified atom stereocenters. The first kappa shape index (κ1) is 19.6. The number of nitrogens with one attached hydrogen (secondary N) is 1. The number of ether oxygens (including phenoxy) is 1. The quantitative estimate of drug-likeness (QED) is 0.776. The van der Waals surface area contributed by atoms with Crippen molar-refractivity contribution in [2.45, 2.75) is 38.6 Å². The topological polar surface area (TPSA) is 73.8 Å². The second-order valence-corrected chi connectivity index (χ2v) is 7.62. The SMILES string of the molecule is CCN1C(=O)N(C)c2cnc(Nc3ccc(Cl)c(OC)c3)nc2N1C1CCCC1. The van der Waals surface area contributed by atoms with Crippen molar-refractivity contribution >= 4 is 40.8 Å². The molecule has 1 saturated carbocycles. The molecule has 1 aromatic heterocycles. The molecule has 29 heavy (non-hydrogen) atoms. The third kappa shape index (κ3) is 3.53. The van der Waals surface area contributed by atoms with Crippen LogP contribution >= 0.6 is 11.6 Å². The van der Waals surface area contributed by atoms with Crippen molar-refractivity contribution in [3.63, 3.8) is 0 Å². The lowest BCUT2D eigenvalue weighted by molar-refractivity contribution is 0.191. The average molecular weight is 417 g/mol. The van der Waals surface area contributed by atoms with Gasteiger partial charge in [0.15, 0.2) is 5.82 Å². The number of hydrazine groups is 1. The largest absolute Gasteiger partial charge is 0.495 e. The zero-order chi connectivity index (χ0) is 20.5. The Morgan fingerprint density at radius 2 is 2.07 bits per heavy atom. The van der Waals surface area contributed by atoms with E-state index in [-0.39, 0.29) is 12.1 Å². The van der Waals surface area contributed by atoms with Crippen LogP contribution in [0.5, 0.6) is 5.75 Å². The molecule has 2 heterocycles. The predicted molar refractivity (Wildman–Crippen MR) is 114 cm³/mol. The molecular weight excluding hydrogens is 392 g/mol. The molecule has 0 atom stereocenters. The number of carbonyl (C=O) groups is 1. The van der Waals surface area contributed by atoms with Gasteiger partial charge in [0, 0.05) is 25.3 Å². The summed E-state index contributed by atoms with van der Waals surface area (Å²) in [6.45, 7) is 2.57. The molecule has 1 fully saturated rings. The van der Waals surface area contributed by atoms with E-state index < -0.39 is 0 Å². The maximum absolute atomic E-state index is 12.9. The van der Waals surface area contributed by atoms with Crippen LogP contribution in [-0.4, -0.2) is 47.8 Å². The van der Waals surface area contributed by atoms with E-state index >= 15 is 0 Å². The van der Waals surface area contributed by atoms with E-state index in [0.29, 0.717) is 29.0 Å².